The summed E-state index contributed by atoms with van der Waals surface area (Å²) >= 11 is 5.83. The van der Waals surface area contributed by atoms with Crippen LogP contribution in [0.4, 0.5) is 4.39 Å². The van der Waals surface area contributed by atoms with Crippen molar-refractivity contribution >= 4 is 17.6 Å². The van der Waals surface area contributed by atoms with Crippen molar-refractivity contribution in [3.8, 4) is 0 Å². The van der Waals surface area contributed by atoms with Gasteiger partial charge in [0, 0.05) is 16.6 Å². The topological polar surface area (TPSA) is 29.5 Å². The number of carbonyl (C=O) groups excluding carboxylic acids is 1. The first-order valence-electron chi connectivity index (χ1n) is 5.14. The number of nitrogens with zero attached hydrogens (tertiary/aromatic N) is 1. The summed E-state index contributed by atoms with van der Waals surface area (Å²) in [4.78, 5) is 13.0. The van der Waals surface area contributed by atoms with Crippen molar-refractivity contribution in [2.45, 2.75) is 12.5 Å². The lowest BCUT2D eigenvalue weighted by molar-refractivity contribution is -0.141. The van der Waals surface area contributed by atoms with Crippen LogP contribution >= 0.6 is 11.6 Å². The van der Waals surface area contributed by atoms with Crippen LogP contribution in [0.1, 0.15) is 18.0 Å². The summed E-state index contributed by atoms with van der Waals surface area (Å²) in [6, 6.07) is 3.92. The summed E-state index contributed by atoms with van der Waals surface area (Å²) in [5, 5.41) is 0.443. The molecule has 0 spiro atoms. The van der Waals surface area contributed by atoms with Crippen molar-refractivity contribution in [3.05, 3.63) is 34.6 Å². The zero-order chi connectivity index (χ0) is 13.0. The molecule has 0 saturated heterocycles. The molecule has 1 atom stereocenters. The van der Waals surface area contributed by atoms with E-state index in [1.807, 2.05) is 0 Å². The van der Waals surface area contributed by atoms with Gasteiger partial charge >= 0.3 is 5.97 Å². The minimum atomic E-state index is -0.388. The Morgan fingerprint density at radius 1 is 1.53 bits per heavy atom. The van der Waals surface area contributed by atoms with Crippen LogP contribution in [-0.4, -0.2) is 32.1 Å². The Balaban J connectivity index is 3.05. The summed E-state index contributed by atoms with van der Waals surface area (Å²) < 4.78 is 18.3. The van der Waals surface area contributed by atoms with Crippen LogP contribution in [0.15, 0.2) is 18.2 Å². The second kappa shape index (κ2) is 5.98. The van der Waals surface area contributed by atoms with Gasteiger partial charge in [0.25, 0.3) is 0 Å². The summed E-state index contributed by atoms with van der Waals surface area (Å²) in [6.45, 7) is 0. The molecule has 3 nitrogen and oxygen atoms in total. The number of carbonyl (C=O) groups is 1. The first-order valence-corrected chi connectivity index (χ1v) is 5.51. The van der Waals surface area contributed by atoms with E-state index in [1.165, 1.54) is 25.3 Å². The van der Waals surface area contributed by atoms with E-state index < -0.39 is 0 Å². The Labute approximate surface area is 105 Å². The number of rotatable bonds is 4. The Bertz CT molecular complexity index is 409. The van der Waals surface area contributed by atoms with Crippen LogP contribution in [0.2, 0.25) is 5.02 Å². The molecule has 0 aromatic heterocycles. The van der Waals surface area contributed by atoms with Gasteiger partial charge < -0.3 is 9.64 Å². The molecule has 0 saturated carbocycles. The second-order valence-corrected chi connectivity index (χ2v) is 4.36. The van der Waals surface area contributed by atoms with Gasteiger partial charge in [-0.05, 0) is 32.3 Å². The number of halogens is 2. The molecule has 1 aromatic rings. The molecule has 0 N–H and O–H groups in total. The Kier molecular flexibility index (Phi) is 4.90. The van der Waals surface area contributed by atoms with Gasteiger partial charge in [-0.25, -0.2) is 4.39 Å². The highest BCUT2D eigenvalue weighted by molar-refractivity contribution is 6.30. The van der Waals surface area contributed by atoms with E-state index in [2.05, 4.69) is 4.74 Å². The molecular formula is C12H15ClFNO2. The molecule has 1 unspecified atom stereocenters. The van der Waals surface area contributed by atoms with Crippen molar-refractivity contribution in [2.75, 3.05) is 21.2 Å². The molecule has 0 aliphatic carbocycles. The van der Waals surface area contributed by atoms with Crippen LogP contribution in [0.3, 0.4) is 0 Å². The second-order valence-electron chi connectivity index (χ2n) is 3.93. The third kappa shape index (κ3) is 3.68. The molecule has 0 aliphatic rings. The average Bonchev–Trinajstić information content (AvgIpc) is 2.28. The van der Waals surface area contributed by atoms with E-state index in [4.69, 9.17) is 11.6 Å². The number of esters is 1. The molecule has 0 bridgehead atoms. The summed E-state index contributed by atoms with van der Waals surface area (Å²) in [6.07, 6.45) is 0.0841. The van der Waals surface area contributed by atoms with Crippen LogP contribution in [0.25, 0.3) is 0 Å². The van der Waals surface area contributed by atoms with Gasteiger partial charge in [0.2, 0.25) is 0 Å². The van der Waals surface area contributed by atoms with Crippen molar-refractivity contribution < 1.29 is 13.9 Å². The quantitative estimate of drug-likeness (QED) is 0.779. The molecule has 0 fully saturated rings. The van der Waals surface area contributed by atoms with Gasteiger partial charge in [0.1, 0.15) is 5.82 Å². The van der Waals surface area contributed by atoms with E-state index in [-0.39, 0.29) is 24.2 Å². The largest absolute Gasteiger partial charge is 0.469 e. The van der Waals surface area contributed by atoms with Gasteiger partial charge in [-0.1, -0.05) is 11.6 Å². The molecule has 0 aliphatic heterocycles. The predicted molar refractivity (Wildman–Crippen MR) is 64.5 cm³/mol. The maximum Gasteiger partial charge on any atom is 0.307 e. The van der Waals surface area contributed by atoms with Crippen LogP contribution in [-0.2, 0) is 9.53 Å². The van der Waals surface area contributed by atoms with Crippen LogP contribution in [0.5, 0.6) is 0 Å². The van der Waals surface area contributed by atoms with E-state index >= 15 is 0 Å². The summed E-state index contributed by atoms with van der Waals surface area (Å²) in [7, 11) is 4.85. The van der Waals surface area contributed by atoms with Crippen LogP contribution < -0.4 is 0 Å². The highest BCUT2D eigenvalue weighted by atomic mass is 35.5. The standard InChI is InChI=1S/C12H15ClFNO2/c1-15(2)11(7-12(16)17-3)9-6-8(13)4-5-10(9)14/h4-6,11H,7H2,1-3H3. The predicted octanol–water partition coefficient (Wildman–Crippen LogP) is 2.64. The first kappa shape index (κ1) is 13.9. The van der Waals surface area contributed by atoms with E-state index in [9.17, 15) is 9.18 Å². The molecular weight excluding hydrogens is 245 g/mol. The highest BCUT2D eigenvalue weighted by Crippen LogP contribution is 2.27. The van der Waals surface area contributed by atoms with Gasteiger partial charge in [-0.3, -0.25) is 4.79 Å². The zero-order valence-electron chi connectivity index (χ0n) is 10.0. The maximum absolute atomic E-state index is 13.7. The van der Waals surface area contributed by atoms with Gasteiger partial charge in [0.15, 0.2) is 0 Å². The first-order chi connectivity index (χ1) is 7.95. The minimum Gasteiger partial charge on any atom is -0.469 e. The third-order valence-electron chi connectivity index (χ3n) is 2.53. The van der Waals surface area contributed by atoms with Crippen molar-refractivity contribution in [2.24, 2.45) is 0 Å². The molecule has 0 heterocycles. The van der Waals surface area contributed by atoms with Crippen molar-refractivity contribution in [3.63, 3.8) is 0 Å². The maximum atomic E-state index is 13.7. The van der Waals surface area contributed by atoms with Crippen molar-refractivity contribution in [1.82, 2.24) is 4.90 Å². The minimum absolute atomic E-state index is 0.0841. The zero-order valence-corrected chi connectivity index (χ0v) is 10.8. The molecule has 0 amide bonds. The number of methoxy groups -OCH3 is 1. The van der Waals surface area contributed by atoms with E-state index in [0.717, 1.165) is 0 Å². The Hall–Kier alpha value is -1.13. The fourth-order valence-electron chi connectivity index (χ4n) is 1.58. The fourth-order valence-corrected chi connectivity index (χ4v) is 1.76. The van der Waals surface area contributed by atoms with Crippen molar-refractivity contribution in [1.29, 1.82) is 0 Å². The normalized spacial score (nSPS) is 12.6. The highest BCUT2D eigenvalue weighted by Gasteiger charge is 2.22. The lowest BCUT2D eigenvalue weighted by Crippen LogP contribution is -2.24. The molecule has 1 aromatic carbocycles. The molecule has 17 heavy (non-hydrogen) atoms. The number of hydrogen-bond acceptors (Lipinski definition) is 3. The third-order valence-corrected chi connectivity index (χ3v) is 2.76. The average molecular weight is 260 g/mol. The van der Waals surface area contributed by atoms with Gasteiger partial charge in [0.05, 0.1) is 13.5 Å². The smallest absolute Gasteiger partial charge is 0.307 e. The van der Waals surface area contributed by atoms with Crippen LogP contribution in [0, 0.1) is 5.82 Å². The monoisotopic (exact) mass is 259 g/mol. The molecule has 1 rings (SSSR count). The molecule has 0 radical (unpaired) electrons. The Morgan fingerprint density at radius 2 is 2.18 bits per heavy atom. The SMILES string of the molecule is COC(=O)CC(c1cc(Cl)ccc1F)N(C)C. The summed E-state index contributed by atoms with van der Waals surface area (Å²) in [5.74, 6) is -0.764. The lowest BCUT2D eigenvalue weighted by atomic mass is 10.0. The van der Waals surface area contributed by atoms with E-state index in [1.54, 1.807) is 19.0 Å². The number of ether oxygens (including phenoxy) is 1. The lowest BCUT2D eigenvalue weighted by Gasteiger charge is -2.24. The fraction of sp³-hybridized carbons (Fsp3) is 0.417. The number of benzene rings is 1. The number of hydrogen-bond donors (Lipinski definition) is 0. The Morgan fingerprint density at radius 3 is 2.71 bits per heavy atom. The van der Waals surface area contributed by atoms with E-state index in [0.29, 0.717) is 10.6 Å². The summed E-state index contributed by atoms with van der Waals surface area (Å²) in [5.41, 5.74) is 0.396. The van der Waals surface area contributed by atoms with Gasteiger partial charge in [-0.2, -0.15) is 0 Å². The molecule has 5 heteroatoms. The molecule has 94 valence electrons. The van der Waals surface area contributed by atoms with Gasteiger partial charge in [-0.15, -0.1) is 0 Å².